The third kappa shape index (κ3) is 8.13. The maximum Gasteiger partial charge on any atom is 0.416 e. The zero-order chi connectivity index (χ0) is 25.3. The fourth-order valence-corrected chi connectivity index (χ4v) is 4.19. The van der Waals surface area contributed by atoms with Gasteiger partial charge in [0.1, 0.15) is 6.54 Å². The fourth-order valence-electron chi connectivity index (χ4n) is 3.47. The van der Waals surface area contributed by atoms with Gasteiger partial charge in [0.2, 0.25) is 5.91 Å². The number of benzene rings is 2. The monoisotopic (exact) mass is 503 g/mol. The van der Waals surface area contributed by atoms with Crippen LogP contribution in [-0.4, -0.2) is 34.8 Å². The summed E-state index contributed by atoms with van der Waals surface area (Å²) in [5.74, 6) is -0.238. The van der Waals surface area contributed by atoms with Crippen molar-refractivity contribution < 1.29 is 22.8 Å². The number of carbonyl (C=O) groups excluding carboxylic acids is 2. The number of carbonyl (C=O) groups is 2. The fraction of sp³-hybridized carbons (Fsp3) is 0.308. The van der Waals surface area contributed by atoms with E-state index in [1.165, 1.54) is 17.0 Å². The molecule has 0 saturated heterocycles. The number of thiophene rings is 1. The third-order valence-electron chi connectivity index (χ3n) is 5.33. The van der Waals surface area contributed by atoms with E-state index in [2.05, 4.69) is 5.32 Å². The highest BCUT2D eigenvalue weighted by Crippen LogP contribution is 2.30. The molecule has 3 aromatic rings. The van der Waals surface area contributed by atoms with Crippen molar-refractivity contribution in [2.45, 2.75) is 39.0 Å². The summed E-state index contributed by atoms with van der Waals surface area (Å²) >= 11 is 1.54. The minimum Gasteiger partial charge on any atom is -0.332 e. The summed E-state index contributed by atoms with van der Waals surface area (Å²) in [6.07, 6.45) is -3.06. The Balaban J connectivity index is 1.75. The number of anilines is 1. The van der Waals surface area contributed by atoms with Crippen LogP contribution in [0.25, 0.3) is 0 Å². The van der Waals surface area contributed by atoms with E-state index < -0.39 is 17.8 Å². The van der Waals surface area contributed by atoms with Gasteiger partial charge in [0.05, 0.1) is 12.1 Å². The quantitative estimate of drug-likeness (QED) is 0.338. The Bertz CT molecular complexity index is 1090. The molecule has 3 rings (SSSR count). The summed E-state index contributed by atoms with van der Waals surface area (Å²) in [4.78, 5) is 30.4. The molecule has 1 N–H and O–H groups in total. The van der Waals surface area contributed by atoms with Crippen LogP contribution in [0.1, 0.15) is 35.8 Å². The molecule has 0 aliphatic heterocycles. The van der Waals surface area contributed by atoms with Crippen LogP contribution in [0.2, 0.25) is 0 Å². The van der Waals surface area contributed by atoms with E-state index in [4.69, 9.17) is 0 Å². The second kappa shape index (κ2) is 12.4. The number of halogens is 3. The molecule has 0 bridgehead atoms. The number of nitrogens with zero attached hydrogens (tertiary/aromatic N) is 2. The maximum atomic E-state index is 13.3. The molecule has 2 aromatic carbocycles. The molecule has 0 unspecified atom stereocenters. The van der Waals surface area contributed by atoms with E-state index in [-0.39, 0.29) is 18.1 Å². The molecule has 0 saturated carbocycles. The van der Waals surface area contributed by atoms with Crippen molar-refractivity contribution in [3.63, 3.8) is 0 Å². The van der Waals surface area contributed by atoms with Gasteiger partial charge in [-0.25, -0.2) is 4.79 Å². The topological polar surface area (TPSA) is 52.7 Å². The Morgan fingerprint density at radius 2 is 1.71 bits per heavy atom. The molecule has 35 heavy (non-hydrogen) atoms. The molecule has 0 aliphatic carbocycles. The van der Waals surface area contributed by atoms with E-state index >= 15 is 0 Å². The van der Waals surface area contributed by atoms with Gasteiger partial charge < -0.3 is 15.1 Å². The van der Waals surface area contributed by atoms with Crippen molar-refractivity contribution in [1.29, 1.82) is 0 Å². The van der Waals surface area contributed by atoms with E-state index in [1.54, 1.807) is 16.2 Å². The summed E-state index contributed by atoms with van der Waals surface area (Å²) in [7, 11) is 0. The van der Waals surface area contributed by atoms with E-state index in [0.717, 1.165) is 29.0 Å². The molecular weight excluding hydrogens is 475 g/mol. The van der Waals surface area contributed by atoms with Crippen LogP contribution in [0.4, 0.5) is 23.7 Å². The van der Waals surface area contributed by atoms with E-state index in [9.17, 15) is 22.8 Å². The lowest BCUT2D eigenvalue weighted by Crippen LogP contribution is -2.44. The Kier molecular flexibility index (Phi) is 9.31. The number of unbranched alkanes of at least 4 members (excludes halogenated alkanes) is 1. The van der Waals surface area contributed by atoms with Gasteiger partial charge in [-0.3, -0.25) is 4.79 Å². The third-order valence-corrected chi connectivity index (χ3v) is 6.19. The lowest BCUT2D eigenvalue weighted by atomic mass is 10.2. The Morgan fingerprint density at radius 3 is 2.37 bits per heavy atom. The van der Waals surface area contributed by atoms with E-state index in [0.29, 0.717) is 26.1 Å². The highest BCUT2D eigenvalue weighted by molar-refractivity contribution is 7.09. The summed E-state index contributed by atoms with van der Waals surface area (Å²) in [6, 6.07) is 17.3. The van der Waals surface area contributed by atoms with Crippen LogP contribution < -0.4 is 5.32 Å². The van der Waals surface area contributed by atoms with Crippen LogP contribution in [0, 0.1) is 0 Å². The van der Waals surface area contributed by atoms with Gasteiger partial charge in [0.25, 0.3) is 0 Å². The molecule has 186 valence electrons. The highest BCUT2D eigenvalue weighted by Gasteiger charge is 2.30. The van der Waals surface area contributed by atoms with Crippen molar-refractivity contribution >= 4 is 29.0 Å². The SMILES string of the molecule is CCCCN(CC(=O)N(Cc1ccccc1)Cc1cccs1)C(=O)Nc1cccc(C(F)(F)F)c1. The number of amides is 3. The Labute approximate surface area is 207 Å². The molecule has 1 aromatic heterocycles. The van der Waals surface area contributed by atoms with Gasteiger partial charge in [-0.1, -0.05) is 55.8 Å². The predicted molar refractivity (Wildman–Crippen MR) is 132 cm³/mol. The first kappa shape index (κ1) is 26.3. The van der Waals surface area contributed by atoms with Crippen molar-refractivity contribution in [3.8, 4) is 0 Å². The average molecular weight is 504 g/mol. The smallest absolute Gasteiger partial charge is 0.332 e. The minimum atomic E-state index is -4.52. The lowest BCUT2D eigenvalue weighted by Gasteiger charge is -2.28. The van der Waals surface area contributed by atoms with Crippen molar-refractivity contribution in [2.75, 3.05) is 18.4 Å². The minimum absolute atomic E-state index is 0.0264. The number of hydrogen-bond acceptors (Lipinski definition) is 3. The van der Waals surface area contributed by atoms with Crippen LogP contribution in [0.5, 0.6) is 0 Å². The van der Waals surface area contributed by atoms with Crippen molar-refractivity contribution in [3.05, 3.63) is 88.1 Å². The number of nitrogens with one attached hydrogen (secondary N) is 1. The number of alkyl halides is 3. The number of rotatable bonds is 10. The first-order chi connectivity index (χ1) is 16.8. The molecule has 1 heterocycles. The number of urea groups is 1. The van der Waals surface area contributed by atoms with Gasteiger partial charge in [-0.15, -0.1) is 11.3 Å². The Hall–Kier alpha value is -3.33. The standard InChI is InChI=1S/C26H28F3N3O2S/c1-2-3-14-31(25(34)30-22-12-7-11-21(16-22)26(27,28)29)19-24(33)32(18-23-13-8-15-35-23)17-20-9-5-4-6-10-20/h4-13,15-16H,2-3,14,17-19H2,1H3,(H,30,34). The molecule has 0 spiro atoms. The molecule has 0 radical (unpaired) electrons. The summed E-state index contributed by atoms with van der Waals surface area (Å²) in [5, 5.41) is 4.46. The van der Waals surface area contributed by atoms with Gasteiger partial charge >= 0.3 is 12.2 Å². The largest absolute Gasteiger partial charge is 0.416 e. The number of hydrogen-bond donors (Lipinski definition) is 1. The zero-order valence-electron chi connectivity index (χ0n) is 19.4. The molecule has 9 heteroatoms. The predicted octanol–water partition coefficient (Wildman–Crippen LogP) is 6.63. The zero-order valence-corrected chi connectivity index (χ0v) is 20.2. The molecule has 3 amide bonds. The highest BCUT2D eigenvalue weighted by atomic mass is 32.1. The Morgan fingerprint density at radius 1 is 0.943 bits per heavy atom. The van der Waals surface area contributed by atoms with Crippen molar-refractivity contribution in [1.82, 2.24) is 9.80 Å². The molecule has 0 aliphatic rings. The first-order valence-corrected chi connectivity index (χ1v) is 12.2. The molecule has 0 fully saturated rings. The van der Waals surface area contributed by atoms with Crippen molar-refractivity contribution in [2.24, 2.45) is 0 Å². The van der Waals surface area contributed by atoms with Crippen LogP contribution in [0.3, 0.4) is 0 Å². The summed E-state index contributed by atoms with van der Waals surface area (Å²) in [6.45, 7) is 2.88. The molecule has 0 atom stereocenters. The lowest BCUT2D eigenvalue weighted by molar-refractivity contribution is -0.137. The summed E-state index contributed by atoms with van der Waals surface area (Å²) in [5.41, 5.74) is 0.140. The second-order valence-corrected chi connectivity index (χ2v) is 9.13. The second-order valence-electron chi connectivity index (χ2n) is 8.10. The van der Waals surface area contributed by atoms with E-state index in [1.807, 2.05) is 54.8 Å². The molecule has 5 nitrogen and oxygen atoms in total. The first-order valence-electron chi connectivity index (χ1n) is 11.3. The van der Waals surface area contributed by atoms with Crippen LogP contribution >= 0.6 is 11.3 Å². The average Bonchev–Trinajstić information content (AvgIpc) is 3.34. The normalized spacial score (nSPS) is 11.2. The van der Waals surface area contributed by atoms with Gasteiger partial charge in [-0.05, 0) is 41.6 Å². The van der Waals surface area contributed by atoms with Gasteiger partial charge in [0, 0.05) is 23.7 Å². The maximum absolute atomic E-state index is 13.3. The van der Waals surface area contributed by atoms with Gasteiger partial charge in [0.15, 0.2) is 0 Å². The summed E-state index contributed by atoms with van der Waals surface area (Å²) < 4.78 is 39.2. The van der Waals surface area contributed by atoms with Crippen LogP contribution in [0.15, 0.2) is 72.1 Å². The van der Waals surface area contributed by atoms with Crippen LogP contribution in [-0.2, 0) is 24.1 Å². The van der Waals surface area contributed by atoms with Gasteiger partial charge in [-0.2, -0.15) is 13.2 Å². The molecular formula is C26H28F3N3O2S.